The molecule has 1 aliphatic rings. The van der Waals surface area contributed by atoms with Gasteiger partial charge in [-0.25, -0.2) is 0 Å². The normalized spacial score (nSPS) is 15.0. The lowest BCUT2D eigenvalue weighted by Crippen LogP contribution is -2.28. The zero-order valence-electron chi connectivity index (χ0n) is 14.5. The van der Waals surface area contributed by atoms with Crippen molar-refractivity contribution in [1.82, 2.24) is 0 Å². The third-order valence-electron chi connectivity index (χ3n) is 4.10. The van der Waals surface area contributed by atoms with Gasteiger partial charge in [0.25, 0.3) is 0 Å². The van der Waals surface area contributed by atoms with Crippen LogP contribution in [0.2, 0.25) is 5.02 Å². The maximum absolute atomic E-state index is 5.97. The summed E-state index contributed by atoms with van der Waals surface area (Å²) in [6, 6.07) is 18.9. The van der Waals surface area contributed by atoms with Gasteiger partial charge in [0.2, 0.25) is 0 Å². The molecule has 0 unspecified atom stereocenters. The Bertz CT molecular complexity index is 1070. The number of furan rings is 1. The lowest BCUT2D eigenvalue weighted by atomic mass is 10.1. The lowest BCUT2D eigenvalue weighted by Gasteiger charge is -2.04. The minimum absolute atomic E-state index is 0.252. The van der Waals surface area contributed by atoms with Gasteiger partial charge >= 0.3 is 0 Å². The topological polar surface area (TPSA) is 88.3 Å². The fourth-order valence-corrected chi connectivity index (χ4v) is 2.84. The van der Waals surface area contributed by atoms with E-state index in [0.29, 0.717) is 28.0 Å². The van der Waals surface area contributed by atoms with Crippen LogP contribution in [-0.4, -0.2) is 17.3 Å². The standard InChI is InChI=1S/C20H16ClN5O/c1-12-16(11-17(27-12)13-7-9-14(21)10-8-13)18-19(20(22)26-24-18)25-23-15-5-3-2-4-6-15/h2-11,23H,1H3,(H2,22,25,26). The van der Waals surface area contributed by atoms with Crippen LogP contribution in [0.25, 0.3) is 11.3 Å². The van der Waals surface area contributed by atoms with Crippen LogP contribution in [0.1, 0.15) is 11.3 Å². The Morgan fingerprint density at radius 1 is 1.04 bits per heavy atom. The van der Waals surface area contributed by atoms with Crippen LogP contribution in [0.15, 0.2) is 80.4 Å². The van der Waals surface area contributed by atoms with E-state index in [9.17, 15) is 0 Å². The number of hydrogen-bond donors (Lipinski definition) is 2. The first-order chi connectivity index (χ1) is 13.1. The van der Waals surface area contributed by atoms with Gasteiger partial charge in [-0.05, 0) is 49.4 Å². The van der Waals surface area contributed by atoms with Gasteiger partial charge in [0.05, 0.1) is 5.69 Å². The Labute approximate surface area is 161 Å². The molecule has 4 rings (SSSR count). The molecule has 0 radical (unpaired) electrons. The second-order valence-corrected chi connectivity index (χ2v) is 6.40. The number of nitrogens with one attached hydrogen (secondary N) is 1. The van der Waals surface area contributed by atoms with Crippen molar-refractivity contribution in [2.45, 2.75) is 6.92 Å². The van der Waals surface area contributed by atoms with E-state index in [1.807, 2.05) is 67.6 Å². The molecule has 0 bridgehead atoms. The summed E-state index contributed by atoms with van der Waals surface area (Å²) in [6.45, 7) is 1.87. The van der Waals surface area contributed by atoms with Gasteiger partial charge in [0.1, 0.15) is 17.2 Å². The van der Waals surface area contributed by atoms with Gasteiger partial charge in [-0.2, -0.15) is 5.10 Å². The third kappa shape index (κ3) is 3.47. The Hall–Kier alpha value is -3.38. The first-order valence-electron chi connectivity index (χ1n) is 8.29. The number of nitrogens with zero attached hydrogens (tertiary/aromatic N) is 3. The molecule has 0 saturated heterocycles. The van der Waals surface area contributed by atoms with Crippen molar-refractivity contribution in [2.75, 3.05) is 5.43 Å². The number of hydrogen-bond acceptors (Lipinski definition) is 6. The van der Waals surface area contributed by atoms with Gasteiger partial charge in [-0.1, -0.05) is 29.8 Å². The summed E-state index contributed by atoms with van der Waals surface area (Å²) < 4.78 is 5.91. The summed E-state index contributed by atoms with van der Waals surface area (Å²) in [6.07, 6.45) is 0. The maximum Gasteiger partial charge on any atom is 0.176 e. The fourth-order valence-electron chi connectivity index (χ4n) is 2.72. The molecule has 3 aromatic rings. The van der Waals surface area contributed by atoms with Crippen LogP contribution in [0.4, 0.5) is 5.69 Å². The number of anilines is 1. The summed E-state index contributed by atoms with van der Waals surface area (Å²) in [5, 5.41) is 13.2. The van der Waals surface area contributed by atoms with Crippen molar-refractivity contribution in [3.63, 3.8) is 0 Å². The second kappa shape index (κ2) is 7.09. The summed E-state index contributed by atoms with van der Waals surface area (Å²) in [7, 11) is 0. The molecule has 0 amide bonds. The summed E-state index contributed by atoms with van der Waals surface area (Å²) in [4.78, 5) is 0. The predicted octanol–water partition coefficient (Wildman–Crippen LogP) is 4.45. The first kappa shape index (κ1) is 17.1. The van der Waals surface area contributed by atoms with E-state index in [2.05, 4.69) is 20.7 Å². The van der Waals surface area contributed by atoms with Crippen molar-refractivity contribution >= 4 is 34.5 Å². The van der Waals surface area contributed by atoms with Crippen LogP contribution >= 0.6 is 11.6 Å². The summed E-state index contributed by atoms with van der Waals surface area (Å²) in [5.41, 5.74) is 12.6. The molecule has 3 N–H and O–H groups in total. The van der Waals surface area contributed by atoms with Crippen molar-refractivity contribution in [2.24, 2.45) is 21.0 Å². The molecule has 2 heterocycles. The second-order valence-electron chi connectivity index (χ2n) is 5.96. The van der Waals surface area contributed by atoms with E-state index in [0.717, 1.165) is 16.8 Å². The zero-order chi connectivity index (χ0) is 18.8. The Morgan fingerprint density at radius 3 is 2.52 bits per heavy atom. The molecule has 1 aromatic heterocycles. The Kier molecular flexibility index (Phi) is 4.48. The molecule has 0 saturated carbocycles. The van der Waals surface area contributed by atoms with Crippen LogP contribution in [0.5, 0.6) is 0 Å². The molecule has 27 heavy (non-hydrogen) atoms. The average molecular weight is 378 g/mol. The third-order valence-corrected chi connectivity index (χ3v) is 4.35. The molecule has 2 aromatic carbocycles. The van der Waals surface area contributed by atoms with Crippen LogP contribution in [0.3, 0.4) is 0 Å². The largest absolute Gasteiger partial charge is 0.461 e. The van der Waals surface area contributed by atoms with Gasteiger partial charge in [0.15, 0.2) is 11.5 Å². The molecule has 0 spiro atoms. The highest BCUT2D eigenvalue weighted by Crippen LogP contribution is 2.28. The van der Waals surface area contributed by atoms with Gasteiger partial charge in [-0.3, -0.25) is 5.43 Å². The number of halogens is 1. The SMILES string of the molecule is Cc1oc(-c2ccc(Cl)cc2)cc1C1=NN=C(N)/C1=N/Nc1ccccc1. The molecule has 0 fully saturated rings. The number of amidine groups is 1. The molecular weight excluding hydrogens is 362 g/mol. The van der Waals surface area contributed by atoms with E-state index in [1.165, 1.54) is 0 Å². The number of para-hydroxylation sites is 1. The summed E-state index contributed by atoms with van der Waals surface area (Å²) >= 11 is 5.96. The number of aryl methyl sites for hydroxylation is 1. The van der Waals surface area contributed by atoms with Crippen LogP contribution < -0.4 is 11.2 Å². The Balaban J connectivity index is 1.65. The summed E-state index contributed by atoms with van der Waals surface area (Å²) in [5.74, 6) is 1.67. The van der Waals surface area contributed by atoms with E-state index in [-0.39, 0.29) is 5.84 Å². The van der Waals surface area contributed by atoms with Gasteiger partial charge < -0.3 is 10.2 Å². The average Bonchev–Trinajstić information content (AvgIpc) is 3.24. The van der Waals surface area contributed by atoms with Crippen molar-refractivity contribution in [1.29, 1.82) is 0 Å². The van der Waals surface area contributed by atoms with Crippen LogP contribution in [-0.2, 0) is 0 Å². The smallest absolute Gasteiger partial charge is 0.176 e. The molecule has 7 heteroatoms. The zero-order valence-corrected chi connectivity index (χ0v) is 15.2. The highest BCUT2D eigenvalue weighted by atomic mass is 35.5. The van der Waals surface area contributed by atoms with Crippen molar-refractivity contribution < 1.29 is 4.42 Å². The van der Waals surface area contributed by atoms with Crippen molar-refractivity contribution in [3.8, 4) is 11.3 Å². The quantitative estimate of drug-likeness (QED) is 0.658. The number of benzene rings is 2. The van der Waals surface area contributed by atoms with E-state index < -0.39 is 0 Å². The molecule has 6 nitrogen and oxygen atoms in total. The Morgan fingerprint density at radius 2 is 1.78 bits per heavy atom. The maximum atomic E-state index is 5.97. The van der Waals surface area contributed by atoms with Crippen LogP contribution in [0, 0.1) is 6.92 Å². The molecule has 134 valence electrons. The minimum Gasteiger partial charge on any atom is -0.461 e. The molecule has 1 aliphatic heterocycles. The number of rotatable bonds is 4. The van der Waals surface area contributed by atoms with E-state index in [4.69, 9.17) is 21.8 Å². The van der Waals surface area contributed by atoms with Gasteiger partial charge in [-0.15, -0.1) is 10.2 Å². The highest BCUT2D eigenvalue weighted by molar-refractivity contribution is 6.72. The van der Waals surface area contributed by atoms with E-state index >= 15 is 0 Å². The highest BCUT2D eigenvalue weighted by Gasteiger charge is 2.25. The van der Waals surface area contributed by atoms with Gasteiger partial charge in [0, 0.05) is 16.1 Å². The van der Waals surface area contributed by atoms with E-state index in [1.54, 1.807) is 0 Å². The molecule has 0 atom stereocenters. The lowest BCUT2D eigenvalue weighted by molar-refractivity contribution is 0.547. The molecular formula is C20H16ClN5O. The number of hydrazone groups is 1. The first-order valence-corrected chi connectivity index (χ1v) is 8.67. The molecule has 0 aliphatic carbocycles. The minimum atomic E-state index is 0.252. The number of nitrogens with two attached hydrogens (primary N) is 1. The predicted molar refractivity (Wildman–Crippen MR) is 110 cm³/mol. The van der Waals surface area contributed by atoms with Crippen molar-refractivity contribution in [3.05, 3.63) is 77.0 Å². The monoisotopic (exact) mass is 377 g/mol. The fraction of sp³-hybridized carbons (Fsp3) is 0.0500.